The zero-order chi connectivity index (χ0) is 13.8. The second-order valence-corrected chi connectivity index (χ2v) is 5.55. The summed E-state index contributed by atoms with van der Waals surface area (Å²) in [6, 6.07) is 3.80. The van der Waals surface area contributed by atoms with Crippen LogP contribution in [0.2, 0.25) is 0 Å². The fourth-order valence-corrected chi connectivity index (χ4v) is 2.61. The van der Waals surface area contributed by atoms with Crippen molar-refractivity contribution in [1.82, 2.24) is 10.3 Å². The Kier molecular flexibility index (Phi) is 4.61. The highest BCUT2D eigenvalue weighted by atomic mass is 32.1. The third-order valence-electron chi connectivity index (χ3n) is 3.01. The lowest BCUT2D eigenvalue weighted by Gasteiger charge is -2.15. The average molecular weight is 282 g/mol. The van der Waals surface area contributed by atoms with Crippen molar-refractivity contribution in [3.63, 3.8) is 0 Å². The van der Waals surface area contributed by atoms with Gasteiger partial charge in [0.05, 0.1) is 10.7 Å². The van der Waals surface area contributed by atoms with Crippen molar-refractivity contribution in [1.29, 1.82) is 0 Å². The van der Waals surface area contributed by atoms with Crippen molar-refractivity contribution >= 4 is 11.3 Å². The number of nitrogens with one attached hydrogen (secondary N) is 1. The van der Waals surface area contributed by atoms with Gasteiger partial charge in [-0.1, -0.05) is 6.07 Å². The molecule has 0 saturated heterocycles. The molecule has 0 bridgehead atoms. The smallest absolute Gasteiger partial charge is 0.129 e. The molecule has 1 aromatic heterocycles. The molecular weight excluding hydrogens is 266 g/mol. The van der Waals surface area contributed by atoms with Gasteiger partial charge in [-0.25, -0.2) is 13.8 Å². The first-order valence-corrected chi connectivity index (χ1v) is 6.98. The third-order valence-corrected chi connectivity index (χ3v) is 3.83. The number of benzene rings is 1. The maximum Gasteiger partial charge on any atom is 0.129 e. The Morgan fingerprint density at radius 1 is 1.32 bits per heavy atom. The summed E-state index contributed by atoms with van der Waals surface area (Å²) in [5.41, 5.74) is 1.53. The summed E-state index contributed by atoms with van der Waals surface area (Å²) in [7, 11) is 1.84. The number of hydrogen-bond acceptors (Lipinski definition) is 3. The van der Waals surface area contributed by atoms with E-state index in [9.17, 15) is 8.78 Å². The molecular formula is C14H16F2N2S. The standard InChI is InChI=1S/C14H16F2N2S/c1-9-18-13(8-19-9)7-12(17-2)5-10-3-4-11(15)6-14(10)16/h3-4,6,8,12,17H,5,7H2,1-2H3. The average Bonchev–Trinajstić information content (AvgIpc) is 2.77. The largest absolute Gasteiger partial charge is 0.316 e. The molecule has 1 atom stereocenters. The molecule has 2 aromatic rings. The Hall–Kier alpha value is -1.33. The minimum absolute atomic E-state index is 0.0847. The van der Waals surface area contributed by atoms with Gasteiger partial charge in [0.1, 0.15) is 11.6 Å². The predicted octanol–water partition coefficient (Wildman–Crippen LogP) is 3.10. The molecule has 1 heterocycles. The fourth-order valence-electron chi connectivity index (χ4n) is 1.98. The minimum Gasteiger partial charge on any atom is -0.316 e. The highest BCUT2D eigenvalue weighted by Crippen LogP contribution is 2.15. The Morgan fingerprint density at radius 3 is 2.68 bits per heavy atom. The van der Waals surface area contributed by atoms with Gasteiger partial charge in [-0.2, -0.15) is 0 Å². The first-order chi connectivity index (χ1) is 9.08. The quantitative estimate of drug-likeness (QED) is 0.911. The maximum atomic E-state index is 13.6. The number of rotatable bonds is 5. The summed E-state index contributed by atoms with van der Waals surface area (Å²) in [5.74, 6) is -1.04. The predicted molar refractivity (Wildman–Crippen MR) is 73.5 cm³/mol. The molecule has 0 aliphatic rings. The van der Waals surface area contributed by atoms with E-state index in [1.807, 2.05) is 19.4 Å². The van der Waals surface area contributed by atoms with Crippen LogP contribution >= 0.6 is 11.3 Å². The normalized spacial score (nSPS) is 12.6. The molecule has 0 aliphatic carbocycles. The first kappa shape index (κ1) is 14.1. The zero-order valence-electron chi connectivity index (χ0n) is 10.9. The van der Waals surface area contributed by atoms with Gasteiger partial charge in [-0.15, -0.1) is 11.3 Å². The number of thiazole rings is 1. The van der Waals surface area contributed by atoms with E-state index in [1.165, 1.54) is 12.1 Å². The van der Waals surface area contributed by atoms with Crippen LogP contribution < -0.4 is 5.32 Å². The summed E-state index contributed by atoms with van der Waals surface area (Å²) in [6.45, 7) is 1.96. The van der Waals surface area contributed by atoms with E-state index in [4.69, 9.17) is 0 Å². The van der Waals surface area contributed by atoms with E-state index in [0.717, 1.165) is 23.2 Å². The van der Waals surface area contributed by atoms with Gasteiger partial charge in [-0.3, -0.25) is 0 Å². The lowest BCUT2D eigenvalue weighted by molar-refractivity contribution is 0.521. The molecule has 0 fully saturated rings. The number of hydrogen-bond donors (Lipinski definition) is 1. The van der Waals surface area contributed by atoms with Crippen LogP contribution in [-0.4, -0.2) is 18.1 Å². The Bertz CT molecular complexity index is 554. The van der Waals surface area contributed by atoms with Crippen molar-refractivity contribution < 1.29 is 8.78 Å². The van der Waals surface area contributed by atoms with Gasteiger partial charge < -0.3 is 5.32 Å². The molecule has 0 radical (unpaired) electrons. The van der Waals surface area contributed by atoms with Crippen molar-refractivity contribution in [3.05, 3.63) is 51.5 Å². The van der Waals surface area contributed by atoms with Crippen LogP contribution in [0.4, 0.5) is 8.78 Å². The van der Waals surface area contributed by atoms with Crippen molar-refractivity contribution in [3.8, 4) is 0 Å². The van der Waals surface area contributed by atoms with Gasteiger partial charge in [-0.05, 0) is 32.0 Å². The number of nitrogens with zero attached hydrogens (tertiary/aromatic N) is 1. The van der Waals surface area contributed by atoms with E-state index in [2.05, 4.69) is 10.3 Å². The number of likely N-dealkylation sites (N-methyl/N-ethyl adjacent to an activating group) is 1. The molecule has 19 heavy (non-hydrogen) atoms. The van der Waals surface area contributed by atoms with Crippen LogP contribution in [0.5, 0.6) is 0 Å². The molecule has 5 heteroatoms. The van der Waals surface area contributed by atoms with E-state index >= 15 is 0 Å². The molecule has 0 amide bonds. The van der Waals surface area contributed by atoms with Gasteiger partial charge in [0.2, 0.25) is 0 Å². The van der Waals surface area contributed by atoms with Gasteiger partial charge in [0, 0.05) is 23.9 Å². The summed E-state index contributed by atoms with van der Waals surface area (Å²) in [4.78, 5) is 4.40. The van der Waals surface area contributed by atoms with Gasteiger partial charge in [0.25, 0.3) is 0 Å². The first-order valence-electron chi connectivity index (χ1n) is 6.10. The number of halogens is 2. The van der Waals surface area contributed by atoms with E-state index < -0.39 is 11.6 Å². The second kappa shape index (κ2) is 6.21. The third kappa shape index (κ3) is 3.81. The molecule has 2 rings (SSSR count). The van der Waals surface area contributed by atoms with E-state index in [1.54, 1.807) is 11.3 Å². The SMILES string of the molecule is CNC(Cc1csc(C)n1)Cc1ccc(F)cc1F. The lowest BCUT2D eigenvalue weighted by atomic mass is 10.0. The van der Waals surface area contributed by atoms with Gasteiger partial charge >= 0.3 is 0 Å². The molecule has 1 N–H and O–H groups in total. The van der Waals surface area contributed by atoms with Crippen molar-refractivity contribution in [2.75, 3.05) is 7.05 Å². The van der Waals surface area contributed by atoms with Crippen LogP contribution in [0.15, 0.2) is 23.6 Å². The second-order valence-electron chi connectivity index (χ2n) is 4.49. The Morgan fingerprint density at radius 2 is 2.11 bits per heavy atom. The zero-order valence-corrected chi connectivity index (χ0v) is 11.7. The van der Waals surface area contributed by atoms with Crippen molar-refractivity contribution in [2.45, 2.75) is 25.8 Å². The van der Waals surface area contributed by atoms with Crippen LogP contribution in [0.1, 0.15) is 16.3 Å². The van der Waals surface area contributed by atoms with Crippen LogP contribution in [0.25, 0.3) is 0 Å². The molecule has 0 saturated carbocycles. The summed E-state index contributed by atoms with van der Waals surface area (Å²) >= 11 is 1.61. The van der Waals surface area contributed by atoms with Crippen LogP contribution in [0.3, 0.4) is 0 Å². The molecule has 1 unspecified atom stereocenters. The summed E-state index contributed by atoms with van der Waals surface area (Å²) < 4.78 is 26.5. The topological polar surface area (TPSA) is 24.9 Å². The number of aromatic nitrogens is 1. The maximum absolute atomic E-state index is 13.6. The fraction of sp³-hybridized carbons (Fsp3) is 0.357. The molecule has 102 valence electrons. The van der Waals surface area contributed by atoms with Gasteiger partial charge in [0.15, 0.2) is 0 Å². The minimum atomic E-state index is -0.544. The summed E-state index contributed by atoms with van der Waals surface area (Å²) in [6.07, 6.45) is 1.25. The summed E-state index contributed by atoms with van der Waals surface area (Å²) in [5, 5.41) is 6.19. The highest BCUT2D eigenvalue weighted by molar-refractivity contribution is 7.09. The Labute approximate surface area is 115 Å². The van der Waals surface area contributed by atoms with Crippen molar-refractivity contribution in [2.24, 2.45) is 0 Å². The molecule has 0 spiro atoms. The number of aryl methyl sites for hydroxylation is 1. The highest BCUT2D eigenvalue weighted by Gasteiger charge is 2.13. The molecule has 0 aliphatic heterocycles. The van der Waals surface area contributed by atoms with Crippen LogP contribution in [0, 0.1) is 18.6 Å². The van der Waals surface area contributed by atoms with E-state index in [0.29, 0.717) is 12.0 Å². The van der Waals surface area contributed by atoms with E-state index in [-0.39, 0.29) is 6.04 Å². The Balaban J connectivity index is 2.06. The molecule has 1 aromatic carbocycles. The lowest BCUT2D eigenvalue weighted by Crippen LogP contribution is -2.30. The monoisotopic (exact) mass is 282 g/mol. The molecule has 2 nitrogen and oxygen atoms in total. The van der Waals surface area contributed by atoms with Crippen LogP contribution in [-0.2, 0) is 12.8 Å².